The Morgan fingerprint density at radius 1 is 1.22 bits per heavy atom. The summed E-state index contributed by atoms with van der Waals surface area (Å²) in [6.07, 6.45) is 11.0. The Hall–Kier alpha value is -2.38. The van der Waals surface area contributed by atoms with E-state index in [0.717, 1.165) is 38.5 Å². The number of aliphatic hydroxyl groups is 1. The lowest BCUT2D eigenvalue weighted by molar-refractivity contribution is -0.154. The molecule has 0 aromatic heterocycles. The summed E-state index contributed by atoms with van der Waals surface area (Å²) in [6.45, 7) is -0.0518. The summed E-state index contributed by atoms with van der Waals surface area (Å²) in [6, 6.07) is 2.67. The monoisotopic (exact) mass is 465 g/mol. The lowest BCUT2D eigenvalue weighted by Crippen LogP contribution is -2.45. The Labute approximate surface area is 192 Å². The summed E-state index contributed by atoms with van der Waals surface area (Å²) in [7, 11) is 0. The molecular weight excluding hydrogens is 437 g/mol. The van der Waals surface area contributed by atoms with E-state index in [1.165, 1.54) is 12.1 Å². The third-order valence-corrected chi connectivity index (χ3v) is 6.24. The van der Waals surface area contributed by atoms with Crippen LogP contribution in [0, 0.1) is 11.7 Å². The molecule has 1 aromatic carbocycles. The number of carbonyl (C=O) groups is 2. The molecule has 0 saturated heterocycles. The number of ether oxygens (including phenoxy) is 1. The fourth-order valence-corrected chi connectivity index (χ4v) is 4.47. The zero-order valence-corrected chi connectivity index (χ0v) is 18.6. The number of esters is 1. The lowest BCUT2D eigenvalue weighted by atomic mass is 9.92. The van der Waals surface area contributed by atoms with Gasteiger partial charge in [0.1, 0.15) is 0 Å². The Morgan fingerprint density at radius 3 is 2.62 bits per heavy atom. The molecule has 8 heteroatoms. The first-order chi connectivity index (χ1) is 15.4. The first-order valence-electron chi connectivity index (χ1n) is 11.0. The van der Waals surface area contributed by atoms with Crippen molar-refractivity contribution in [3.63, 3.8) is 0 Å². The SMILES string of the molecule is O=C(O)Cc1ccc(Cl)c(F)c1N(CC(O)C(=O)OCC1C=CC=CC1)C1CCCCC1. The number of halogens is 2. The topological polar surface area (TPSA) is 87.1 Å². The molecule has 2 aliphatic rings. The lowest BCUT2D eigenvalue weighted by Gasteiger charge is -2.38. The van der Waals surface area contributed by atoms with Crippen LogP contribution in [-0.2, 0) is 20.7 Å². The van der Waals surface area contributed by atoms with Gasteiger partial charge in [-0.15, -0.1) is 0 Å². The number of hydrogen-bond donors (Lipinski definition) is 2. The number of hydrogen-bond acceptors (Lipinski definition) is 5. The van der Waals surface area contributed by atoms with E-state index in [1.807, 2.05) is 24.3 Å². The zero-order chi connectivity index (χ0) is 23.1. The van der Waals surface area contributed by atoms with E-state index in [2.05, 4.69) is 0 Å². The molecule has 1 fully saturated rings. The molecule has 0 radical (unpaired) electrons. The van der Waals surface area contributed by atoms with E-state index in [0.29, 0.717) is 0 Å². The fourth-order valence-electron chi connectivity index (χ4n) is 4.31. The number of anilines is 1. The van der Waals surface area contributed by atoms with Crippen molar-refractivity contribution < 1.29 is 28.9 Å². The van der Waals surface area contributed by atoms with Crippen LogP contribution in [0.1, 0.15) is 44.1 Å². The number of carboxylic acid groups (broad SMARTS) is 1. The Bertz CT molecular complexity index is 881. The number of rotatable bonds is 9. The van der Waals surface area contributed by atoms with E-state index in [4.69, 9.17) is 16.3 Å². The van der Waals surface area contributed by atoms with Crippen LogP contribution < -0.4 is 4.90 Å². The highest BCUT2D eigenvalue weighted by Crippen LogP contribution is 2.35. The zero-order valence-electron chi connectivity index (χ0n) is 17.9. The van der Waals surface area contributed by atoms with Crippen LogP contribution in [0.2, 0.25) is 5.02 Å². The standard InChI is InChI=1S/C24H29ClFNO5/c25-19-12-11-17(13-21(29)30)23(22(19)26)27(18-9-5-2-6-10-18)14-20(28)24(31)32-15-16-7-3-1-4-8-16/h1,3-4,7,11-12,16,18,20,28H,2,5-6,8-10,13-15H2,(H,29,30). The number of carbonyl (C=O) groups excluding carboxylic acids is 1. The third kappa shape index (κ3) is 6.33. The van der Waals surface area contributed by atoms with Crippen molar-refractivity contribution in [3.8, 4) is 0 Å². The highest BCUT2D eigenvalue weighted by Gasteiger charge is 2.31. The molecule has 0 amide bonds. The molecule has 2 unspecified atom stereocenters. The minimum atomic E-state index is -1.50. The van der Waals surface area contributed by atoms with Crippen molar-refractivity contribution in [2.45, 2.75) is 57.1 Å². The molecule has 3 rings (SSSR count). The van der Waals surface area contributed by atoms with E-state index < -0.39 is 30.3 Å². The van der Waals surface area contributed by atoms with Crippen LogP contribution >= 0.6 is 11.6 Å². The van der Waals surface area contributed by atoms with Crippen molar-refractivity contribution in [2.75, 3.05) is 18.1 Å². The maximum Gasteiger partial charge on any atom is 0.336 e. The number of nitrogens with zero attached hydrogens (tertiary/aromatic N) is 1. The van der Waals surface area contributed by atoms with Gasteiger partial charge in [-0.05, 0) is 30.9 Å². The third-order valence-electron chi connectivity index (χ3n) is 5.95. The molecule has 0 heterocycles. The van der Waals surface area contributed by atoms with E-state index in [1.54, 1.807) is 4.90 Å². The molecule has 2 N–H and O–H groups in total. The van der Waals surface area contributed by atoms with Gasteiger partial charge in [0, 0.05) is 12.0 Å². The van der Waals surface area contributed by atoms with Gasteiger partial charge in [-0.1, -0.05) is 61.2 Å². The quantitative estimate of drug-likeness (QED) is 0.529. The maximum absolute atomic E-state index is 15.2. The van der Waals surface area contributed by atoms with Crippen molar-refractivity contribution >= 4 is 29.2 Å². The Morgan fingerprint density at radius 2 is 1.97 bits per heavy atom. The molecule has 1 saturated carbocycles. The van der Waals surface area contributed by atoms with Crippen molar-refractivity contribution in [1.29, 1.82) is 0 Å². The molecule has 0 bridgehead atoms. The molecule has 32 heavy (non-hydrogen) atoms. The fraction of sp³-hybridized carbons (Fsp3) is 0.500. The normalized spacial score (nSPS) is 19.5. The molecule has 2 atom stereocenters. The average Bonchev–Trinajstić information content (AvgIpc) is 2.80. The Kier molecular flexibility index (Phi) is 8.70. The van der Waals surface area contributed by atoms with Gasteiger partial charge in [0.15, 0.2) is 11.9 Å². The smallest absolute Gasteiger partial charge is 0.336 e. The second-order valence-electron chi connectivity index (χ2n) is 8.34. The molecule has 6 nitrogen and oxygen atoms in total. The predicted molar refractivity (Wildman–Crippen MR) is 120 cm³/mol. The second kappa shape index (κ2) is 11.5. The summed E-state index contributed by atoms with van der Waals surface area (Å²) in [5, 5.41) is 19.8. The molecule has 0 aliphatic heterocycles. The van der Waals surface area contributed by atoms with E-state index in [9.17, 15) is 19.8 Å². The van der Waals surface area contributed by atoms with Crippen LogP contribution in [0.25, 0.3) is 0 Å². The molecular formula is C24H29ClFNO5. The first kappa shape index (κ1) is 24.3. The van der Waals surface area contributed by atoms with Crippen LogP contribution in [0.5, 0.6) is 0 Å². The van der Waals surface area contributed by atoms with Crippen LogP contribution in [0.3, 0.4) is 0 Å². The second-order valence-corrected chi connectivity index (χ2v) is 8.75. The summed E-state index contributed by atoms with van der Waals surface area (Å²) in [5.41, 5.74) is 0.295. The number of aliphatic carboxylic acids is 1. The molecule has 2 aliphatic carbocycles. The number of aliphatic hydroxyl groups excluding tert-OH is 1. The number of carboxylic acids is 1. The summed E-state index contributed by atoms with van der Waals surface area (Å²) >= 11 is 6.03. The minimum absolute atomic E-state index is 0.0407. The van der Waals surface area contributed by atoms with Crippen LogP contribution in [0.4, 0.5) is 10.1 Å². The minimum Gasteiger partial charge on any atom is -0.481 e. The first-order valence-corrected chi connectivity index (χ1v) is 11.4. The summed E-state index contributed by atoms with van der Waals surface area (Å²) < 4.78 is 20.5. The summed E-state index contributed by atoms with van der Waals surface area (Å²) in [4.78, 5) is 25.5. The van der Waals surface area contributed by atoms with E-state index in [-0.39, 0.29) is 41.4 Å². The molecule has 1 aromatic rings. The van der Waals surface area contributed by atoms with Crippen LogP contribution in [-0.4, -0.2) is 47.4 Å². The van der Waals surface area contributed by atoms with Gasteiger partial charge in [-0.3, -0.25) is 4.79 Å². The molecule has 0 spiro atoms. The highest BCUT2D eigenvalue weighted by atomic mass is 35.5. The van der Waals surface area contributed by atoms with Gasteiger partial charge in [0.2, 0.25) is 0 Å². The van der Waals surface area contributed by atoms with Crippen molar-refractivity contribution in [1.82, 2.24) is 0 Å². The summed E-state index contributed by atoms with van der Waals surface area (Å²) in [5.74, 6) is -2.57. The largest absolute Gasteiger partial charge is 0.481 e. The highest BCUT2D eigenvalue weighted by molar-refractivity contribution is 6.31. The van der Waals surface area contributed by atoms with Gasteiger partial charge in [0.05, 0.1) is 30.3 Å². The van der Waals surface area contributed by atoms with Gasteiger partial charge >= 0.3 is 11.9 Å². The average molecular weight is 466 g/mol. The van der Waals surface area contributed by atoms with Gasteiger partial charge in [0.25, 0.3) is 0 Å². The van der Waals surface area contributed by atoms with Crippen LogP contribution in [0.15, 0.2) is 36.4 Å². The van der Waals surface area contributed by atoms with E-state index >= 15 is 4.39 Å². The number of allylic oxidation sites excluding steroid dienone is 3. The van der Waals surface area contributed by atoms with Crippen molar-refractivity contribution in [2.24, 2.45) is 5.92 Å². The Balaban J connectivity index is 1.81. The predicted octanol–water partition coefficient (Wildman–Crippen LogP) is 4.28. The molecule has 174 valence electrons. The number of benzene rings is 1. The van der Waals surface area contributed by atoms with Gasteiger partial charge < -0.3 is 19.8 Å². The van der Waals surface area contributed by atoms with Crippen molar-refractivity contribution in [3.05, 3.63) is 52.8 Å². The van der Waals surface area contributed by atoms with Gasteiger partial charge in [-0.2, -0.15) is 0 Å². The maximum atomic E-state index is 15.2. The van der Waals surface area contributed by atoms with Gasteiger partial charge in [-0.25, -0.2) is 9.18 Å².